The lowest BCUT2D eigenvalue weighted by Crippen LogP contribution is -2.22. The number of allylic oxidation sites excluding steroid dienone is 5. The largest absolute Gasteiger partial charge is 0.269 e. The minimum Gasteiger partial charge on any atom is -0.267 e. The van der Waals surface area contributed by atoms with Gasteiger partial charge in [-0.05, 0) is 34.5 Å². The Bertz CT molecular complexity index is 446. The Morgan fingerprint density at radius 2 is 2.27 bits per heavy atom. The first-order chi connectivity index (χ1) is 7.11. The molecule has 0 aromatic rings. The predicted molar refractivity (Wildman–Crippen MR) is 60.5 cm³/mol. The predicted octanol–water partition coefficient (Wildman–Crippen LogP) is 3.07. The molecule has 0 radical (unpaired) electrons. The SMILES string of the molecule is CCC1=CC(=O)N=C2C=C(Br)C(F)=CC12. The lowest BCUT2D eigenvalue weighted by atomic mass is 9.86. The van der Waals surface area contributed by atoms with Crippen molar-refractivity contribution in [2.75, 3.05) is 0 Å². The topological polar surface area (TPSA) is 29.4 Å². The van der Waals surface area contributed by atoms with E-state index in [2.05, 4.69) is 20.9 Å². The third-order valence-corrected chi connectivity index (χ3v) is 3.10. The molecule has 0 aromatic heterocycles. The Labute approximate surface area is 95.4 Å². The van der Waals surface area contributed by atoms with Crippen LogP contribution in [-0.2, 0) is 4.79 Å². The molecule has 0 saturated carbocycles. The van der Waals surface area contributed by atoms with E-state index in [9.17, 15) is 9.18 Å². The summed E-state index contributed by atoms with van der Waals surface area (Å²) in [5.41, 5.74) is 1.53. The smallest absolute Gasteiger partial charge is 0.267 e. The maximum atomic E-state index is 13.3. The van der Waals surface area contributed by atoms with E-state index in [1.165, 1.54) is 12.2 Å². The van der Waals surface area contributed by atoms with Gasteiger partial charge in [0.1, 0.15) is 5.83 Å². The van der Waals surface area contributed by atoms with Gasteiger partial charge in [-0.25, -0.2) is 9.38 Å². The highest BCUT2D eigenvalue weighted by Crippen LogP contribution is 2.33. The average molecular weight is 270 g/mol. The monoisotopic (exact) mass is 269 g/mol. The van der Waals surface area contributed by atoms with Gasteiger partial charge < -0.3 is 0 Å². The number of hydrogen-bond donors (Lipinski definition) is 0. The molecular formula is C11H9BrFNO. The van der Waals surface area contributed by atoms with E-state index < -0.39 is 0 Å². The van der Waals surface area contributed by atoms with Crippen LogP contribution in [0, 0.1) is 5.92 Å². The van der Waals surface area contributed by atoms with Crippen molar-refractivity contribution in [2.24, 2.45) is 10.9 Å². The van der Waals surface area contributed by atoms with E-state index >= 15 is 0 Å². The number of carbonyl (C=O) groups is 1. The summed E-state index contributed by atoms with van der Waals surface area (Å²) in [7, 11) is 0. The number of aliphatic imine (C=N–C) groups is 1. The standard InChI is InChI=1S/C11H9BrFNO/c1-2-6-3-11(15)14-10-5-8(12)9(13)4-7(6)10/h3-5,7H,2H2,1H3. The Morgan fingerprint density at radius 3 is 2.93 bits per heavy atom. The molecule has 78 valence electrons. The van der Waals surface area contributed by atoms with Crippen molar-refractivity contribution in [1.82, 2.24) is 0 Å². The molecule has 4 heteroatoms. The first-order valence-corrected chi connectivity index (χ1v) is 5.49. The fourth-order valence-electron chi connectivity index (χ4n) is 1.73. The number of carbonyl (C=O) groups excluding carboxylic acids is 1. The molecule has 1 aliphatic heterocycles. The first-order valence-electron chi connectivity index (χ1n) is 4.69. The number of hydrogen-bond acceptors (Lipinski definition) is 1. The van der Waals surface area contributed by atoms with Crippen LogP contribution in [-0.4, -0.2) is 11.6 Å². The van der Waals surface area contributed by atoms with Gasteiger partial charge in [0.15, 0.2) is 0 Å². The molecule has 15 heavy (non-hydrogen) atoms. The first kappa shape index (κ1) is 10.5. The second-order valence-electron chi connectivity index (χ2n) is 3.43. The molecule has 1 atom stereocenters. The molecule has 1 aliphatic carbocycles. The highest BCUT2D eigenvalue weighted by molar-refractivity contribution is 9.12. The van der Waals surface area contributed by atoms with Crippen LogP contribution in [0.2, 0.25) is 0 Å². The third-order valence-electron chi connectivity index (χ3n) is 2.49. The van der Waals surface area contributed by atoms with Gasteiger partial charge in [-0.1, -0.05) is 12.5 Å². The number of halogens is 2. The Kier molecular flexibility index (Phi) is 2.69. The van der Waals surface area contributed by atoms with Crippen molar-refractivity contribution in [3.8, 4) is 0 Å². The fraction of sp³-hybridized carbons (Fsp3) is 0.273. The molecule has 0 bridgehead atoms. The van der Waals surface area contributed by atoms with Gasteiger partial charge in [-0.3, -0.25) is 4.79 Å². The minimum absolute atomic E-state index is 0.172. The van der Waals surface area contributed by atoms with Crippen molar-refractivity contribution in [1.29, 1.82) is 0 Å². The molecule has 1 amide bonds. The summed E-state index contributed by atoms with van der Waals surface area (Å²) in [4.78, 5) is 15.1. The molecule has 1 heterocycles. The van der Waals surface area contributed by atoms with Crippen LogP contribution < -0.4 is 0 Å². The number of amides is 1. The van der Waals surface area contributed by atoms with E-state index in [0.29, 0.717) is 10.2 Å². The van der Waals surface area contributed by atoms with E-state index in [1.807, 2.05) is 6.92 Å². The number of dihydropyridines is 1. The number of nitrogens with zero attached hydrogens (tertiary/aromatic N) is 1. The van der Waals surface area contributed by atoms with Crippen LogP contribution in [0.4, 0.5) is 4.39 Å². The van der Waals surface area contributed by atoms with Crippen molar-refractivity contribution in [3.05, 3.63) is 34.1 Å². The van der Waals surface area contributed by atoms with E-state index in [1.54, 1.807) is 6.08 Å². The lowest BCUT2D eigenvalue weighted by Gasteiger charge is -2.22. The van der Waals surface area contributed by atoms with Gasteiger partial charge in [-0.15, -0.1) is 0 Å². The van der Waals surface area contributed by atoms with Crippen molar-refractivity contribution >= 4 is 27.5 Å². The van der Waals surface area contributed by atoms with Gasteiger partial charge in [0, 0.05) is 12.0 Å². The van der Waals surface area contributed by atoms with Gasteiger partial charge in [0.25, 0.3) is 5.91 Å². The summed E-state index contributed by atoms with van der Waals surface area (Å²) in [6.07, 6.45) is 5.28. The van der Waals surface area contributed by atoms with Crippen LogP contribution in [0.3, 0.4) is 0 Å². The second-order valence-corrected chi connectivity index (χ2v) is 4.29. The zero-order chi connectivity index (χ0) is 11.0. The zero-order valence-electron chi connectivity index (χ0n) is 8.13. The summed E-state index contributed by atoms with van der Waals surface area (Å²) in [5.74, 6) is -0.730. The van der Waals surface area contributed by atoms with E-state index in [0.717, 1.165) is 12.0 Å². The fourth-order valence-corrected chi connectivity index (χ4v) is 2.10. The van der Waals surface area contributed by atoms with Crippen molar-refractivity contribution in [3.63, 3.8) is 0 Å². The zero-order valence-corrected chi connectivity index (χ0v) is 9.71. The van der Waals surface area contributed by atoms with Gasteiger partial charge in [0.05, 0.1) is 10.2 Å². The normalized spacial score (nSPS) is 25.0. The van der Waals surface area contributed by atoms with E-state index in [4.69, 9.17) is 0 Å². The summed E-state index contributed by atoms with van der Waals surface area (Å²) < 4.78 is 13.7. The summed E-state index contributed by atoms with van der Waals surface area (Å²) >= 11 is 3.08. The van der Waals surface area contributed by atoms with E-state index in [-0.39, 0.29) is 17.7 Å². The molecule has 0 aromatic carbocycles. The quantitative estimate of drug-likeness (QED) is 0.720. The molecule has 0 fully saturated rings. The molecule has 2 nitrogen and oxygen atoms in total. The Hall–Kier alpha value is -1.03. The molecule has 0 saturated heterocycles. The Balaban J connectivity index is 2.45. The van der Waals surface area contributed by atoms with Gasteiger partial charge in [0.2, 0.25) is 0 Å². The van der Waals surface area contributed by atoms with Crippen molar-refractivity contribution in [2.45, 2.75) is 13.3 Å². The van der Waals surface area contributed by atoms with Gasteiger partial charge >= 0.3 is 0 Å². The summed E-state index contributed by atoms with van der Waals surface area (Å²) in [5, 5.41) is 0. The summed E-state index contributed by atoms with van der Waals surface area (Å²) in [6, 6.07) is 0. The van der Waals surface area contributed by atoms with Crippen LogP contribution in [0.25, 0.3) is 0 Å². The molecule has 2 rings (SSSR count). The third kappa shape index (κ3) is 1.86. The lowest BCUT2D eigenvalue weighted by molar-refractivity contribution is -0.113. The highest BCUT2D eigenvalue weighted by atomic mass is 79.9. The van der Waals surface area contributed by atoms with Crippen LogP contribution in [0.5, 0.6) is 0 Å². The molecule has 0 spiro atoms. The molecule has 1 unspecified atom stereocenters. The number of rotatable bonds is 1. The van der Waals surface area contributed by atoms with Crippen molar-refractivity contribution < 1.29 is 9.18 Å². The maximum absolute atomic E-state index is 13.3. The second kappa shape index (κ2) is 3.85. The molecular weight excluding hydrogens is 261 g/mol. The summed E-state index contributed by atoms with van der Waals surface area (Å²) in [6.45, 7) is 1.95. The van der Waals surface area contributed by atoms with Gasteiger partial charge in [-0.2, -0.15) is 0 Å². The molecule has 0 N–H and O–H groups in total. The van der Waals surface area contributed by atoms with Crippen LogP contribution in [0.15, 0.2) is 39.1 Å². The highest BCUT2D eigenvalue weighted by Gasteiger charge is 2.26. The Morgan fingerprint density at radius 1 is 1.53 bits per heavy atom. The minimum atomic E-state index is -0.298. The molecule has 2 aliphatic rings. The van der Waals surface area contributed by atoms with Crippen LogP contribution in [0.1, 0.15) is 13.3 Å². The number of fused-ring (bicyclic) bond motifs is 1. The maximum Gasteiger partial charge on any atom is 0.269 e. The van der Waals surface area contributed by atoms with Crippen LogP contribution >= 0.6 is 15.9 Å². The average Bonchev–Trinajstić information content (AvgIpc) is 2.19.